The molecule has 1 atom stereocenters. The molecule has 7 nitrogen and oxygen atoms in total. The summed E-state index contributed by atoms with van der Waals surface area (Å²) < 4.78 is 0. The second-order valence-corrected chi connectivity index (χ2v) is 7.50. The number of piperidine rings is 2. The van der Waals surface area contributed by atoms with Crippen molar-refractivity contribution < 1.29 is 19.5 Å². The number of aliphatic carboxylic acids is 1. The number of amides is 3. The minimum Gasteiger partial charge on any atom is -0.480 e. The molecule has 0 unspecified atom stereocenters. The molecular weight excluding hydrogens is 310 g/mol. The molecule has 7 heteroatoms. The van der Waals surface area contributed by atoms with Gasteiger partial charge in [-0.1, -0.05) is 0 Å². The predicted molar refractivity (Wildman–Crippen MR) is 87.5 cm³/mol. The summed E-state index contributed by atoms with van der Waals surface area (Å²) in [7, 11) is 0. The number of urea groups is 1. The summed E-state index contributed by atoms with van der Waals surface area (Å²) in [5.41, 5.74) is -0.0284. The summed E-state index contributed by atoms with van der Waals surface area (Å²) in [4.78, 5) is 41.2. The summed E-state index contributed by atoms with van der Waals surface area (Å²) in [6.45, 7) is 5.21. The van der Waals surface area contributed by atoms with Crippen molar-refractivity contribution in [2.75, 3.05) is 32.7 Å². The Morgan fingerprint density at radius 3 is 2.21 bits per heavy atom. The van der Waals surface area contributed by atoms with Gasteiger partial charge < -0.3 is 19.8 Å². The van der Waals surface area contributed by atoms with Crippen LogP contribution in [-0.4, -0.2) is 76.5 Å². The third-order valence-electron chi connectivity index (χ3n) is 5.99. The van der Waals surface area contributed by atoms with Crippen molar-refractivity contribution in [1.29, 1.82) is 0 Å². The highest BCUT2D eigenvalue weighted by Gasteiger charge is 2.44. The van der Waals surface area contributed by atoms with Crippen molar-refractivity contribution in [3.8, 4) is 0 Å². The molecular formula is C17H27N3O4. The Hall–Kier alpha value is -1.79. The molecule has 1 N–H and O–H groups in total. The number of nitrogens with zero attached hydrogens (tertiary/aromatic N) is 3. The zero-order chi connectivity index (χ0) is 17.3. The second kappa shape index (κ2) is 6.61. The van der Waals surface area contributed by atoms with E-state index in [1.165, 1.54) is 4.90 Å². The number of hydrogen-bond donors (Lipinski definition) is 1. The molecule has 0 aromatic heterocycles. The number of carbonyl (C=O) groups is 3. The maximum absolute atomic E-state index is 12.5. The first kappa shape index (κ1) is 17.0. The molecule has 3 aliphatic rings. The van der Waals surface area contributed by atoms with E-state index in [4.69, 9.17) is 0 Å². The molecule has 1 spiro atoms. The van der Waals surface area contributed by atoms with E-state index >= 15 is 0 Å². The van der Waals surface area contributed by atoms with Gasteiger partial charge in [0.15, 0.2) is 0 Å². The maximum atomic E-state index is 12.5. The first-order valence-corrected chi connectivity index (χ1v) is 8.98. The van der Waals surface area contributed by atoms with Crippen LogP contribution in [0.25, 0.3) is 0 Å². The zero-order valence-electron chi connectivity index (χ0n) is 14.4. The fourth-order valence-corrected chi connectivity index (χ4v) is 4.22. The van der Waals surface area contributed by atoms with Gasteiger partial charge in [-0.25, -0.2) is 9.59 Å². The fourth-order valence-electron chi connectivity index (χ4n) is 4.22. The van der Waals surface area contributed by atoms with Gasteiger partial charge in [0.1, 0.15) is 6.04 Å². The summed E-state index contributed by atoms with van der Waals surface area (Å²) >= 11 is 0. The predicted octanol–water partition coefficient (Wildman–Crippen LogP) is 1.38. The highest BCUT2D eigenvalue weighted by Crippen LogP contribution is 2.41. The van der Waals surface area contributed by atoms with Crippen molar-refractivity contribution in [2.24, 2.45) is 5.41 Å². The molecule has 3 amide bonds. The summed E-state index contributed by atoms with van der Waals surface area (Å²) in [5, 5.41) is 9.22. The van der Waals surface area contributed by atoms with Gasteiger partial charge >= 0.3 is 12.0 Å². The lowest BCUT2D eigenvalue weighted by atomic mass is 9.72. The molecule has 0 aliphatic carbocycles. The average molecular weight is 337 g/mol. The topological polar surface area (TPSA) is 81.2 Å². The maximum Gasteiger partial charge on any atom is 0.326 e. The minimum atomic E-state index is -0.956. The number of rotatable bonds is 2. The van der Waals surface area contributed by atoms with Crippen LogP contribution in [0.2, 0.25) is 0 Å². The molecule has 3 aliphatic heterocycles. The number of carbonyl (C=O) groups excluding carboxylic acids is 2. The molecule has 3 rings (SSSR count). The van der Waals surface area contributed by atoms with Crippen molar-refractivity contribution in [3.63, 3.8) is 0 Å². The molecule has 0 radical (unpaired) electrons. The third kappa shape index (κ3) is 3.21. The van der Waals surface area contributed by atoms with Crippen LogP contribution < -0.4 is 0 Å². The Balaban J connectivity index is 1.61. The lowest BCUT2D eigenvalue weighted by Crippen LogP contribution is -2.56. The number of carboxylic acids is 1. The summed E-state index contributed by atoms with van der Waals surface area (Å²) in [6, 6.07) is -0.635. The Kier molecular flexibility index (Phi) is 4.69. The van der Waals surface area contributed by atoms with Crippen molar-refractivity contribution in [1.82, 2.24) is 14.7 Å². The number of likely N-dealkylation sites (tertiary alicyclic amines) is 3. The first-order valence-electron chi connectivity index (χ1n) is 8.98. The monoisotopic (exact) mass is 337 g/mol. The van der Waals surface area contributed by atoms with E-state index in [1.807, 2.05) is 9.80 Å². The van der Waals surface area contributed by atoms with E-state index in [2.05, 4.69) is 0 Å². The fraction of sp³-hybridized carbons (Fsp3) is 0.824. The summed E-state index contributed by atoms with van der Waals surface area (Å²) in [5.74, 6) is -1.02. The lowest BCUT2D eigenvalue weighted by Gasteiger charge is -2.48. The van der Waals surface area contributed by atoms with Crippen molar-refractivity contribution >= 4 is 17.9 Å². The summed E-state index contributed by atoms with van der Waals surface area (Å²) in [6.07, 6.45) is 5.10. The zero-order valence-corrected chi connectivity index (χ0v) is 14.4. The van der Waals surface area contributed by atoms with Gasteiger partial charge in [-0.15, -0.1) is 0 Å². The smallest absolute Gasteiger partial charge is 0.326 e. The van der Waals surface area contributed by atoms with Gasteiger partial charge in [0, 0.05) is 39.1 Å². The van der Waals surface area contributed by atoms with Crippen LogP contribution in [0.5, 0.6) is 0 Å². The highest BCUT2D eigenvalue weighted by atomic mass is 16.4. The van der Waals surface area contributed by atoms with E-state index in [0.717, 1.165) is 45.2 Å². The number of carboxylic acid groups (broad SMARTS) is 1. The second-order valence-electron chi connectivity index (χ2n) is 7.50. The quantitative estimate of drug-likeness (QED) is 0.825. The van der Waals surface area contributed by atoms with E-state index in [9.17, 15) is 19.5 Å². The molecule has 134 valence electrons. The van der Waals surface area contributed by atoms with Crippen LogP contribution in [0.3, 0.4) is 0 Å². The largest absolute Gasteiger partial charge is 0.480 e. The first-order chi connectivity index (χ1) is 11.4. The van der Waals surface area contributed by atoms with Crippen molar-refractivity contribution in [2.45, 2.75) is 51.5 Å². The normalized spacial score (nSPS) is 25.2. The molecule has 0 saturated carbocycles. The van der Waals surface area contributed by atoms with E-state index in [0.29, 0.717) is 26.1 Å². The van der Waals surface area contributed by atoms with E-state index < -0.39 is 12.0 Å². The van der Waals surface area contributed by atoms with E-state index in [1.54, 1.807) is 6.92 Å². The minimum absolute atomic E-state index is 0.0284. The van der Waals surface area contributed by atoms with Crippen LogP contribution in [-0.2, 0) is 9.59 Å². The Bertz CT molecular complexity index is 522. The molecule has 0 aromatic rings. The Morgan fingerprint density at radius 1 is 1.04 bits per heavy atom. The molecule has 3 fully saturated rings. The van der Waals surface area contributed by atoms with Gasteiger partial charge in [0.25, 0.3) is 0 Å². The average Bonchev–Trinajstić information content (AvgIpc) is 3.11. The molecule has 24 heavy (non-hydrogen) atoms. The lowest BCUT2D eigenvalue weighted by molar-refractivity contribution is -0.154. The molecule has 3 saturated heterocycles. The highest BCUT2D eigenvalue weighted by molar-refractivity contribution is 5.84. The van der Waals surface area contributed by atoms with Gasteiger partial charge in [0.2, 0.25) is 5.91 Å². The van der Waals surface area contributed by atoms with Crippen LogP contribution >= 0.6 is 0 Å². The van der Waals surface area contributed by atoms with Crippen LogP contribution in [0.4, 0.5) is 4.79 Å². The standard InChI is InChI=1S/C17H27N3O4/c1-13(15(22)23)20-12-17(5-4-14(20)21)6-10-19(11-7-17)16(24)18-8-2-3-9-18/h13H,2-12H2,1H3,(H,22,23)/t13-/m0/s1. The van der Waals surface area contributed by atoms with Crippen LogP contribution in [0, 0.1) is 5.41 Å². The number of hydrogen-bond acceptors (Lipinski definition) is 3. The van der Waals surface area contributed by atoms with E-state index in [-0.39, 0.29) is 17.4 Å². The van der Waals surface area contributed by atoms with Gasteiger partial charge in [-0.2, -0.15) is 0 Å². The molecule has 0 aromatic carbocycles. The van der Waals surface area contributed by atoms with Gasteiger partial charge in [0.05, 0.1) is 0 Å². The van der Waals surface area contributed by atoms with Gasteiger partial charge in [-0.3, -0.25) is 4.79 Å². The van der Waals surface area contributed by atoms with Crippen molar-refractivity contribution in [3.05, 3.63) is 0 Å². The Labute approximate surface area is 142 Å². The van der Waals surface area contributed by atoms with Gasteiger partial charge in [-0.05, 0) is 44.4 Å². The van der Waals surface area contributed by atoms with Crippen LogP contribution in [0.15, 0.2) is 0 Å². The Morgan fingerprint density at radius 2 is 1.62 bits per heavy atom. The van der Waals surface area contributed by atoms with Crippen LogP contribution in [0.1, 0.15) is 45.4 Å². The SMILES string of the molecule is C[C@@H](C(=O)O)N1CC2(CCC1=O)CCN(C(=O)N1CCCC1)CC2. The third-order valence-corrected chi connectivity index (χ3v) is 5.99. The molecule has 3 heterocycles. The molecule has 0 bridgehead atoms.